The molecule has 0 radical (unpaired) electrons. The molecule has 1 aliphatic rings. The minimum atomic E-state index is -0.761. The van der Waals surface area contributed by atoms with Gasteiger partial charge < -0.3 is 9.47 Å². The normalized spacial score (nSPS) is 25.6. The smallest absolute Gasteiger partial charge is 0.328 e. The van der Waals surface area contributed by atoms with Gasteiger partial charge in [0.1, 0.15) is 5.54 Å². The molecule has 0 aromatic heterocycles. The second-order valence-electron chi connectivity index (χ2n) is 6.73. The van der Waals surface area contributed by atoms with Crippen LogP contribution in [0.1, 0.15) is 66.7 Å². The Labute approximate surface area is 130 Å². The average Bonchev–Trinajstić information content (AvgIpc) is 2.45. The summed E-state index contributed by atoms with van der Waals surface area (Å²) in [4.78, 5) is 12.2. The zero-order valence-electron chi connectivity index (χ0n) is 14.4. The lowest BCUT2D eigenvalue weighted by Gasteiger charge is -2.34. The molecule has 3 atom stereocenters. The van der Waals surface area contributed by atoms with Gasteiger partial charge in [0.15, 0.2) is 0 Å². The molecule has 1 aliphatic carbocycles. The highest BCUT2D eigenvalue weighted by atomic mass is 16.5. The number of carbonyl (C=O) groups is 1. The minimum Gasteiger partial charge on any atom is -0.465 e. The van der Waals surface area contributed by atoms with Crippen LogP contribution in [0.5, 0.6) is 0 Å². The third-order valence-corrected chi connectivity index (χ3v) is 4.25. The number of rotatable bonds is 8. The maximum Gasteiger partial charge on any atom is 0.328 e. The number of ether oxygens (including phenoxy) is 2. The van der Waals surface area contributed by atoms with Crippen molar-refractivity contribution < 1.29 is 14.3 Å². The van der Waals surface area contributed by atoms with Crippen LogP contribution in [-0.2, 0) is 14.3 Å². The van der Waals surface area contributed by atoms with Crippen LogP contribution >= 0.6 is 0 Å². The van der Waals surface area contributed by atoms with Gasteiger partial charge in [0, 0.05) is 6.04 Å². The van der Waals surface area contributed by atoms with Crippen molar-refractivity contribution >= 4 is 5.97 Å². The summed E-state index contributed by atoms with van der Waals surface area (Å²) < 4.78 is 11.3. The molecule has 0 spiro atoms. The molecule has 0 heterocycles. The van der Waals surface area contributed by atoms with Gasteiger partial charge in [-0.3, -0.25) is 5.32 Å². The highest BCUT2D eigenvalue weighted by Gasteiger charge is 2.37. The molecule has 0 aromatic carbocycles. The molecule has 4 nitrogen and oxygen atoms in total. The lowest BCUT2D eigenvalue weighted by molar-refractivity contribution is -0.155. The zero-order valence-corrected chi connectivity index (χ0v) is 14.4. The maximum absolute atomic E-state index is 12.2. The summed E-state index contributed by atoms with van der Waals surface area (Å²) in [5.74, 6) is 0.553. The summed E-state index contributed by atoms with van der Waals surface area (Å²) in [5.41, 5.74) is -0.761. The van der Waals surface area contributed by atoms with Gasteiger partial charge in [-0.1, -0.05) is 26.2 Å². The van der Waals surface area contributed by atoms with Gasteiger partial charge >= 0.3 is 5.97 Å². The lowest BCUT2D eigenvalue weighted by Crippen LogP contribution is -2.57. The van der Waals surface area contributed by atoms with Crippen LogP contribution in [0.4, 0.5) is 0 Å². The predicted molar refractivity (Wildman–Crippen MR) is 85.3 cm³/mol. The molecule has 124 valence electrons. The summed E-state index contributed by atoms with van der Waals surface area (Å²) in [6.07, 6.45) is 6.28. The second kappa shape index (κ2) is 8.74. The fraction of sp³-hybridized carbons (Fsp3) is 0.941. The Hall–Kier alpha value is -0.610. The first-order valence-corrected chi connectivity index (χ1v) is 8.47. The summed E-state index contributed by atoms with van der Waals surface area (Å²) in [5, 5.41) is 3.31. The van der Waals surface area contributed by atoms with E-state index in [9.17, 15) is 4.79 Å². The van der Waals surface area contributed by atoms with Gasteiger partial charge in [-0.2, -0.15) is 0 Å². The first-order chi connectivity index (χ1) is 9.91. The number of hydrogen-bond acceptors (Lipinski definition) is 4. The van der Waals surface area contributed by atoms with E-state index in [1.165, 1.54) is 19.3 Å². The van der Waals surface area contributed by atoms with Crippen molar-refractivity contribution in [3.05, 3.63) is 0 Å². The van der Waals surface area contributed by atoms with Crippen LogP contribution in [0, 0.1) is 5.92 Å². The van der Waals surface area contributed by atoms with Crippen molar-refractivity contribution in [1.29, 1.82) is 0 Å². The standard InChI is InChI=1S/C17H33NO3/c1-6-14-9-8-10-15(11-14)21-12-17(5,18-13(3)4)16(19)20-7-2/h13-15,18H,6-12H2,1-5H3. The molecular formula is C17H33NO3. The summed E-state index contributed by atoms with van der Waals surface area (Å²) >= 11 is 0. The van der Waals surface area contributed by atoms with Crippen LogP contribution in [0.3, 0.4) is 0 Å². The highest BCUT2D eigenvalue weighted by molar-refractivity contribution is 5.80. The van der Waals surface area contributed by atoms with E-state index in [0.717, 1.165) is 18.8 Å². The summed E-state index contributed by atoms with van der Waals surface area (Å²) in [7, 11) is 0. The molecule has 0 aromatic rings. The molecule has 1 saturated carbocycles. The monoisotopic (exact) mass is 299 g/mol. The molecule has 1 N–H and O–H groups in total. The molecule has 1 rings (SSSR count). The van der Waals surface area contributed by atoms with Crippen molar-refractivity contribution in [3.8, 4) is 0 Å². The molecule has 0 aliphatic heterocycles. The van der Waals surface area contributed by atoms with E-state index in [-0.39, 0.29) is 18.1 Å². The number of esters is 1. The third kappa shape index (κ3) is 5.95. The minimum absolute atomic E-state index is 0.206. The third-order valence-electron chi connectivity index (χ3n) is 4.25. The lowest BCUT2D eigenvalue weighted by atomic mass is 9.85. The Bertz CT molecular complexity index is 319. The highest BCUT2D eigenvalue weighted by Crippen LogP contribution is 2.29. The van der Waals surface area contributed by atoms with Crippen molar-refractivity contribution in [1.82, 2.24) is 5.32 Å². The molecule has 0 saturated heterocycles. The molecule has 3 unspecified atom stereocenters. The molecule has 21 heavy (non-hydrogen) atoms. The van der Waals surface area contributed by atoms with Crippen LogP contribution in [0.25, 0.3) is 0 Å². The van der Waals surface area contributed by atoms with E-state index in [4.69, 9.17) is 9.47 Å². The number of hydrogen-bond donors (Lipinski definition) is 1. The van der Waals surface area contributed by atoms with E-state index in [0.29, 0.717) is 13.2 Å². The van der Waals surface area contributed by atoms with Gasteiger partial charge in [-0.15, -0.1) is 0 Å². The van der Waals surface area contributed by atoms with Gasteiger partial charge in [0.25, 0.3) is 0 Å². The van der Waals surface area contributed by atoms with Crippen molar-refractivity contribution in [3.63, 3.8) is 0 Å². The quantitative estimate of drug-likeness (QED) is 0.699. The van der Waals surface area contributed by atoms with E-state index < -0.39 is 5.54 Å². The van der Waals surface area contributed by atoms with Crippen molar-refractivity contribution in [2.45, 2.75) is 84.4 Å². The van der Waals surface area contributed by atoms with Crippen molar-refractivity contribution in [2.75, 3.05) is 13.2 Å². The van der Waals surface area contributed by atoms with E-state index >= 15 is 0 Å². The first kappa shape index (κ1) is 18.4. The van der Waals surface area contributed by atoms with Crippen molar-refractivity contribution in [2.24, 2.45) is 5.92 Å². The Kier molecular flexibility index (Phi) is 7.67. The molecular weight excluding hydrogens is 266 g/mol. The summed E-state index contributed by atoms with van der Waals surface area (Å²) in [6.45, 7) is 10.8. The topological polar surface area (TPSA) is 47.6 Å². The van der Waals surface area contributed by atoms with E-state index in [2.05, 4.69) is 12.2 Å². The van der Waals surface area contributed by atoms with Gasteiger partial charge in [0.05, 0.1) is 19.3 Å². The van der Waals surface area contributed by atoms with E-state index in [1.807, 2.05) is 27.7 Å². The fourth-order valence-corrected chi connectivity index (χ4v) is 3.14. The van der Waals surface area contributed by atoms with Gasteiger partial charge in [-0.25, -0.2) is 4.79 Å². The van der Waals surface area contributed by atoms with E-state index in [1.54, 1.807) is 0 Å². The van der Waals surface area contributed by atoms with Crippen LogP contribution in [0.2, 0.25) is 0 Å². The predicted octanol–water partition coefficient (Wildman–Crippen LogP) is 3.29. The fourth-order valence-electron chi connectivity index (χ4n) is 3.14. The number of carbonyl (C=O) groups excluding carboxylic acids is 1. The Morgan fingerprint density at radius 1 is 1.33 bits per heavy atom. The first-order valence-electron chi connectivity index (χ1n) is 8.47. The largest absolute Gasteiger partial charge is 0.465 e. The zero-order chi connectivity index (χ0) is 15.9. The van der Waals surface area contributed by atoms with Crippen LogP contribution < -0.4 is 5.32 Å². The number of nitrogens with one attached hydrogen (secondary N) is 1. The van der Waals surface area contributed by atoms with Gasteiger partial charge in [0.2, 0.25) is 0 Å². The van der Waals surface area contributed by atoms with Gasteiger partial charge in [-0.05, 0) is 46.5 Å². The SMILES string of the molecule is CCOC(=O)C(C)(COC1CCCC(CC)C1)NC(C)C. The second-order valence-corrected chi connectivity index (χ2v) is 6.73. The molecule has 4 heteroatoms. The van der Waals surface area contributed by atoms with Crippen LogP contribution in [0.15, 0.2) is 0 Å². The summed E-state index contributed by atoms with van der Waals surface area (Å²) in [6, 6.07) is 0.206. The Morgan fingerprint density at radius 3 is 2.62 bits per heavy atom. The van der Waals surface area contributed by atoms with Crippen LogP contribution in [-0.4, -0.2) is 36.9 Å². The Morgan fingerprint density at radius 2 is 2.05 bits per heavy atom. The maximum atomic E-state index is 12.2. The molecule has 0 bridgehead atoms. The molecule has 0 amide bonds. The average molecular weight is 299 g/mol. The Balaban J connectivity index is 2.58. The molecule has 1 fully saturated rings.